The van der Waals surface area contributed by atoms with E-state index in [-0.39, 0.29) is 0 Å². The van der Waals surface area contributed by atoms with Crippen molar-refractivity contribution < 1.29 is 0 Å². The van der Waals surface area contributed by atoms with Gasteiger partial charge in [-0.05, 0) is 36.0 Å². The van der Waals surface area contributed by atoms with E-state index in [2.05, 4.69) is 44.0 Å². The Balaban J connectivity index is 2.39. The van der Waals surface area contributed by atoms with Gasteiger partial charge >= 0.3 is 0 Å². The summed E-state index contributed by atoms with van der Waals surface area (Å²) in [4.78, 5) is 2.36. The van der Waals surface area contributed by atoms with Crippen molar-refractivity contribution in [1.82, 2.24) is 0 Å². The van der Waals surface area contributed by atoms with Gasteiger partial charge in [-0.15, -0.1) is 0 Å². The summed E-state index contributed by atoms with van der Waals surface area (Å²) in [7, 11) is 2.19. The van der Waals surface area contributed by atoms with Crippen LogP contribution in [0, 0.1) is 0 Å². The summed E-state index contributed by atoms with van der Waals surface area (Å²) in [6.07, 6.45) is 2.55. The molecule has 0 N–H and O–H groups in total. The normalized spacial score (nSPS) is 15.9. The van der Waals surface area contributed by atoms with Gasteiger partial charge in [0.05, 0.1) is 0 Å². The van der Waals surface area contributed by atoms with Gasteiger partial charge in [-0.2, -0.15) is 0 Å². The summed E-state index contributed by atoms with van der Waals surface area (Å²) in [5, 5.41) is 0. The van der Waals surface area contributed by atoms with Crippen LogP contribution in [-0.2, 0) is 6.42 Å². The second kappa shape index (κ2) is 3.64. The van der Waals surface area contributed by atoms with Gasteiger partial charge < -0.3 is 4.90 Å². The van der Waals surface area contributed by atoms with E-state index in [0.717, 1.165) is 0 Å². The van der Waals surface area contributed by atoms with Crippen molar-refractivity contribution in [2.45, 2.75) is 32.6 Å². The van der Waals surface area contributed by atoms with Crippen LogP contribution in [0.15, 0.2) is 18.2 Å². The second-order valence-electron chi connectivity index (χ2n) is 4.57. The molecule has 1 aliphatic rings. The molecule has 0 saturated carbocycles. The van der Waals surface area contributed by atoms with Crippen LogP contribution in [0.25, 0.3) is 0 Å². The summed E-state index contributed by atoms with van der Waals surface area (Å²) in [5.41, 5.74) is 4.43. The molecular formula is C13H19N. The van der Waals surface area contributed by atoms with Crippen molar-refractivity contribution in [2.75, 3.05) is 18.5 Å². The lowest BCUT2D eigenvalue weighted by molar-refractivity contribution is 0.740. The molecule has 0 bridgehead atoms. The number of rotatable bonds is 1. The van der Waals surface area contributed by atoms with E-state index < -0.39 is 0 Å². The van der Waals surface area contributed by atoms with Crippen LogP contribution in [0.1, 0.15) is 37.3 Å². The molecule has 76 valence electrons. The Labute approximate surface area is 86.7 Å². The van der Waals surface area contributed by atoms with Crippen molar-refractivity contribution in [3.63, 3.8) is 0 Å². The van der Waals surface area contributed by atoms with Gasteiger partial charge in [-0.1, -0.05) is 26.0 Å². The maximum Gasteiger partial charge on any atom is 0.0396 e. The zero-order valence-electron chi connectivity index (χ0n) is 9.38. The number of aryl methyl sites for hydroxylation is 1. The fourth-order valence-corrected chi connectivity index (χ4v) is 2.16. The van der Waals surface area contributed by atoms with Crippen LogP contribution in [0.2, 0.25) is 0 Å². The highest BCUT2D eigenvalue weighted by Crippen LogP contribution is 2.28. The van der Waals surface area contributed by atoms with Gasteiger partial charge in [0.15, 0.2) is 0 Å². The molecule has 0 atom stereocenters. The number of anilines is 1. The monoisotopic (exact) mass is 189 g/mol. The maximum atomic E-state index is 2.38. The summed E-state index contributed by atoms with van der Waals surface area (Å²) >= 11 is 0. The molecule has 1 nitrogen and oxygen atoms in total. The first-order valence-electron chi connectivity index (χ1n) is 5.52. The fourth-order valence-electron chi connectivity index (χ4n) is 2.16. The Morgan fingerprint density at radius 1 is 1.29 bits per heavy atom. The minimum absolute atomic E-state index is 0.646. The zero-order valence-corrected chi connectivity index (χ0v) is 9.38. The highest BCUT2D eigenvalue weighted by Gasteiger charge is 2.14. The van der Waals surface area contributed by atoms with Crippen LogP contribution in [0.4, 0.5) is 5.69 Å². The molecule has 0 amide bonds. The van der Waals surface area contributed by atoms with E-state index in [1.807, 2.05) is 0 Å². The van der Waals surface area contributed by atoms with E-state index in [1.165, 1.54) is 36.2 Å². The third kappa shape index (κ3) is 1.63. The molecule has 0 aliphatic carbocycles. The predicted molar refractivity (Wildman–Crippen MR) is 62.1 cm³/mol. The topological polar surface area (TPSA) is 3.24 Å². The van der Waals surface area contributed by atoms with Crippen LogP contribution in [0.3, 0.4) is 0 Å². The first-order chi connectivity index (χ1) is 6.68. The summed E-state index contributed by atoms with van der Waals surface area (Å²) in [6, 6.07) is 6.94. The number of fused-ring (bicyclic) bond motifs is 1. The maximum absolute atomic E-state index is 2.38. The van der Waals surface area contributed by atoms with Crippen molar-refractivity contribution in [2.24, 2.45) is 0 Å². The number of benzene rings is 1. The molecule has 2 rings (SSSR count). The second-order valence-corrected chi connectivity index (χ2v) is 4.57. The Morgan fingerprint density at radius 3 is 2.79 bits per heavy atom. The van der Waals surface area contributed by atoms with Crippen molar-refractivity contribution in [3.8, 4) is 0 Å². The summed E-state index contributed by atoms with van der Waals surface area (Å²) in [6.45, 7) is 5.72. The third-order valence-corrected chi connectivity index (χ3v) is 3.12. The molecule has 0 fully saturated rings. The third-order valence-electron chi connectivity index (χ3n) is 3.12. The minimum atomic E-state index is 0.646. The van der Waals surface area contributed by atoms with Crippen molar-refractivity contribution >= 4 is 5.69 Å². The van der Waals surface area contributed by atoms with E-state index in [4.69, 9.17) is 0 Å². The number of hydrogen-bond acceptors (Lipinski definition) is 1. The van der Waals surface area contributed by atoms with Crippen LogP contribution in [-0.4, -0.2) is 13.6 Å². The lowest BCUT2D eigenvalue weighted by Crippen LogP contribution is -2.24. The fraction of sp³-hybridized carbons (Fsp3) is 0.538. The first-order valence-corrected chi connectivity index (χ1v) is 5.52. The smallest absolute Gasteiger partial charge is 0.0396 e. The average molecular weight is 189 g/mol. The van der Waals surface area contributed by atoms with Gasteiger partial charge in [0.2, 0.25) is 0 Å². The number of hydrogen-bond donors (Lipinski definition) is 0. The minimum Gasteiger partial charge on any atom is -0.374 e. The van der Waals surface area contributed by atoms with Crippen molar-refractivity contribution in [3.05, 3.63) is 29.3 Å². The summed E-state index contributed by atoms with van der Waals surface area (Å²) in [5.74, 6) is 0.646. The quantitative estimate of drug-likeness (QED) is 0.655. The molecule has 0 radical (unpaired) electrons. The molecule has 14 heavy (non-hydrogen) atoms. The molecule has 1 aromatic carbocycles. The average Bonchev–Trinajstić information content (AvgIpc) is 2.17. The Morgan fingerprint density at radius 2 is 2.07 bits per heavy atom. The largest absolute Gasteiger partial charge is 0.374 e. The van der Waals surface area contributed by atoms with Crippen LogP contribution >= 0.6 is 0 Å². The molecular weight excluding hydrogens is 170 g/mol. The van der Waals surface area contributed by atoms with Gasteiger partial charge in [0.25, 0.3) is 0 Å². The van der Waals surface area contributed by atoms with Crippen molar-refractivity contribution in [1.29, 1.82) is 0 Å². The van der Waals surface area contributed by atoms with Gasteiger partial charge in [-0.25, -0.2) is 0 Å². The zero-order chi connectivity index (χ0) is 10.1. The Bertz CT molecular complexity index is 328. The molecule has 1 heteroatoms. The standard InChI is InChI=1S/C13H19N/c1-10(2)11-6-7-13-12(9-11)5-4-8-14(13)3/h6-7,9-10H,4-5,8H2,1-3H3. The highest BCUT2D eigenvalue weighted by molar-refractivity contribution is 5.56. The Hall–Kier alpha value is -0.980. The van der Waals surface area contributed by atoms with E-state index in [1.54, 1.807) is 0 Å². The van der Waals surface area contributed by atoms with E-state index in [9.17, 15) is 0 Å². The lowest BCUT2D eigenvalue weighted by atomic mass is 9.95. The van der Waals surface area contributed by atoms with Gasteiger partial charge in [0, 0.05) is 19.3 Å². The lowest BCUT2D eigenvalue weighted by Gasteiger charge is -2.28. The molecule has 0 saturated heterocycles. The number of nitrogens with zero attached hydrogens (tertiary/aromatic N) is 1. The molecule has 1 heterocycles. The Kier molecular flexibility index (Phi) is 2.49. The van der Waals surface area contributed by atoms with Crippen LogP contribution < -0.4 is 4.90 Å². The van der Waals surface area contributed by atoms with Crippen LogP contribution in [0.5, 0.6) is 0 Å². The SMILES string of the molecule is CC(C)c1ccc2c(c1)CCCN2C. The molecule has 1 aromatic rings. The molecule has 1 aliphatic heterocycles. The highest BCUT2D eigenvalue weighted by atomic mass is 15.1. The van der Waals surface area contributed by atoms with Gasteiger partial charge in [0.1, 0.15) is 0 Å². The molecule has 0 unspecified atom stereocenters. The predicted octanol–water partition coefficient (Wildman–Crippen LogP) is 3.19. The molecule has 0 aromatic heterocycles. The molecule has 0 spiro atoms. The van der Waals surface area contributed by atoms with Gasteiger partial charge in [-0.3, -0.25) is 0 Å². The summed E-state index contributed by atoms with van der Waals surface area (Å²) < 4.78 is 0. The first kappa shape index (κ1) is 9.57. The van der Waals surface area contributed by atoms with E-state index >= 15 is 0 Å². The van der Waals surface area contributed by atoms with E-state index in [0.29, 0.717) is 5.92 Å².